The SMILES string of the molecule is CCOC(=O)c1cc2[nH]cc(CC)c2s1. The van der Waals surface area contributed by atoms with Gasteiger partial charge < -0.3 is 9.72 Å². The summed E-state index contributed by atoms with van der Waals surface area (Å²) in [6.45, 7) is 4.34. The van der Waals surface area contributed by atoms with E-state index in [2.05, 4.69) is 11.9 Å². The minimum atomic E-state index is -0.228. The molecule has 3 nitrogen and oxygen atoms in total. The Kier molecular flexibility index (Phi) is 2.77. The fourth-order valence-corrected chi connectivity index (χ4v) is 2.63. The third-order valence-corrected chi connectivity index (χ3v) is 3.47. The average Bonchev–Trinajstić information content (AvgIpc) is 2.76. The molecule has 0 aliphatic heterocycles. The van der Waals surface area contributed by atoms with Gasteiger partial charge in [-0.2, -0.15) is 0 Å². The number of aryl methyl sites for hydroxylation is 1. The normalized spacial score (nSPS) is 10.8. The highest BCUT2D eigenvalue weighted by Gasteiger charge is 2.13. The third kappa shape index (κ3) is 1.77. The van der Waals surface area contributed by atoms with E-state index >= 15 is 0 Å². The summed E-state index contributed by atoms with van der Waals surface area (Å²) in [6, 6.07) is 1.86. The molecule has 0 saturated carbocycles. The first-order valence-electron chi connectivity index (χ1n) is 5.03. The molecule has 1 N–H and O–H groups in total. The number of H-pyrrole nitrogens is 1. The Morgan fingerprint density at radius 1 is 1.53 bits per heavy atom. The van der Waals surface area contributed by atoms with Crippen molar-refractivity contribution in [3.8, 4) is 0 Å². The van der Waals surface area contributed by atoms with Gasteiger partial charge in [-0.1, -0.05) is 6.92 Å². The summed E-state index contributed by atoms with van der Waals surface area (Å²) in [5, 5.41) is 0. The molecule has 0 aromatic carbocycles. The second-order valence-corrected chi connectivity index (χ2v) is 4.29. The predicted molar refractivity (Wildman–Crippen MR) is 61.5 cm³/mol. The van der Waals surface area contributed by atoms with Gasteiger partial charge in [0, 0.05) is 6.20 Å². The van der Waals surface area contributed by atoms with Crippen molar-refractivity contribution in [2.75, 3.05) is 6.61 Å². The first-order chi connectivity index (χ1) is 7.26. The van der Waals surface area contributed by atoms with Crippen LogP contribution in [0, 0.1) is 0 Å². The van der Waals surface area contributed by atoms with E-state index < -0.39 is 0 Å². The molecule has 2 heterocycles. The Morgan fingerprint density at radius 3 is 3.00 bits per heavy atom. The predicted octanol–water partition coefficient (Wildman–Crippen LogP) is 2.97. The van der Waals surface area contributed by atoms with Crippen molar-refractivity contribution >= 4 is 27.5 Å². The molecule has 0 aliphatic rings. The molecule has 0 amide bonds. The summed E-state index contributed by atoms with van der Waals surface area (Å²) in [5.74, 6) is -0.228. The van der Waals surface area contributed by atoms with Gasteiger partial charge in [-0.15, -0.1) is 11.3 Å². The maximum atomic E-state index is 11.5. The number of carbonyl (C=O) groups is 1. The van der Waals surface area contributed by atoms with Crippen LogP contribution in [0.4, 0.5) is 0 Å². The first-order valence-corrected chi connectivity index (χ1v) is 5.84. The van der Waals surface area contributed by atoms with Crippen LogP contribution in [0.25, 0.3) is 10.2 Å². The number of hydrogen-bond donors (Lipinski definition) is 1. The van der Waals surface area contributed by atoms with Gasteiger partial charge in [-0.3, -0.25) is 0 Å². The maximum Gasteiger partial charge on any atom is 0.348 e. The van der Waals surface area contributed by atoms with E-state index in [9.17, 15) is 4.79 Å². The van der Waals surface area contributed by atoms with E-state index in [0.717, 1.165) is 11.9 Å². The Morgan fingerprint density at radius 2 is 2.33 bits per heavy atom. The van der Waals surface area contributed by atoms with E-state index in [-0.39, 0.29) is 5.97 Å². The molecule has 0 unspecified atom stereocenters. The van der Waals surface area contributed by atoms with Crippen LogP contribution >= 0.6 is 11.3 Å². The number of thiophene rings is 1. The minimum Gasteiger partial charge on any atom is -0.462 e. The summed E-state index contributed by atoms with van der Waals surface area (Å²) in [5.41, 5.74) is 2.28. The smallest absolute Gasteiger partial charge is 0.348 e. The number of ether oxygens (including phenoxy) is 1. The van der Waals surface area contributed by atoms with Crippen LogP contribution < -0.4 is 0 Å². The highest BCUT2D eigenvalue weighted by Crippen LogP contribution is 2.29. The molecule has 0 aliphatic carbocycles. The summed E-state index contributed by atoms with van der Waals surface area (Å²) < 4.78 is 6.13. The quantitative estimate of drug-likeness (QED) is 0.813. The van der Waals surface area contributed by atoms with Crippen molar-refractivity contribution in [1.82, 2.24) is 4.98 Å². The van der Waals surface area contributed by atoms with Crippen molar-refractivity contribution in [2.24, 2.45) is 0 Å². The molecule has 0 saturated heterocycles. The number of carbonyl (C=O) groups excluding carboxylic acids is 1. The van der Waals surface area contributed by atoms with Gasteiger partial charge in [-0.25, -0.2) is 4.79 Å². The topological polar surface area (TPSA) is 42.1 Å². The van der Waals surface area contributed by atoms with Crippen LogP contribution in [0.5, 0.6) is 0 Å². The number of aromatic amines is 1. The van der Waals surface area contributed by atoms with Crippen molar-refractivity contribution in [3.05, 3.63) is 22.7 Å². The first kappa shape index (κ1) is 10.2. The Labute approximate surface area is 92.1 Å². The van der Waals surface area contributed by atoms with E-state index in [1.807, 2.05) is 19.2 Å². The molecule has 15 heavy (non-hydrogen) atoms. The Bertz CT molecular complexity index is 484. The van der Waals surface area contributed by atoms with Gasteiger partial charge in [0.25, 0.3) is 0 Å². The van der Waals surface area contributed by atoms with Crippen LogP contribution in [0.15, 0.2) is 12.3 Å². The van der Waals surface area contributed by atoms with Gasteiger partial charge in [0.1, 0.15) is 4.88 Å². The van der Waals surface area contributed by atoms with E-state index in [0.29, 0.717) is 11.5 Å². The lowest BCUT2D eigenvalue weighted by molar-refractivity contribution is 0.0532. The monoisotopic (exact) mass is 223 g/mol. The summed E-state index contributed by atoms with van der Waals surface area (Å²) in [4.78, 5) is 15.3. The second kappa shape index (κ2) is 4.06. The highest BCUT2D eigenvalue weighted by atomic mass is 32.1. The average molecular weight is 223 g/mol. The van der Waals surface area contributed by atoms with Gasteiger partial charge in [-0.05, 0) is 25.0 Å². The third-order valence-electron chi connectivity index (χ3n) is 2.28. The summed E-state index contributed by atoms with van der Waals surface area (Å²) in [6.07, 6.45) is 2.97. The summed E-state index contributed by atoms with van der Waals surface area (Å²) in [7, 11) is 0. The van der Waals surface area contributed by atoms with E-state index in [4.69, 9.17) is 4.74 Å². The molecule has 0 atom stereocenters. The lowest BCUT2D eigenvalue weighted by Crippen LogP contribution is -2.01. The fraction of sp³-hybridized carbons (Fsp3) is 0.364. The van der Waals surface area contributed by atoms with Crippen LogP contribution in [0.3, 0.4) is 0 Å². The molecule has 0 fully saturated rings. The zero-order chi connectivity index (χ0) is 10.8. The molecule has 4 heteroatoms. The van der Waals surface area contributed by atoms with Crippen molar-refractivity contribution in [3.63, 3.8) is 0 Å². The largest absolute Gasteiger partial charge is 0.462 e. The van der Waals surface area contributed by atoms with Crippen molar-refractivity contribution in [2.45, 2.75) is 20.3 Å². The van der Waals surface area contributed by atoms with Crippen molar-refractivity contribution < 1.29 is 9.53 Å². The lowest BCUT2D eigenvalue weighted by atomic mass is 10.2. The van der Waals surface area contributed by atoms with Crippen molar-refractivity contribution in [1.29, 1.82) is 0 Å². The van der Waals surface area contributed by atoms with Crippen LogP contribution in [-0.4, -0.2) is 17.6 Å². The zero-order valence-corrected chi connectivity index (χ0v) is 9.61. The molecule has 2 rings (SSSR count). The molecule has 2 aromatic rings. The number of hydrogen-bond acceptors (Lipinski definition) is 3. The van der Waals surface area contributed by atoms with Gasteiger partial charge in [0.15, 0.2) is 0 Å². The summed E-state index contributed by atoms with van der Waals surface area (Å²) >= 11 is 1.50. The fourth-order valence-electron chi connectivity index (χ4n) is 1.53. The number of aromatic nitrogens is 1. The molecule has 80 valence electrons. The van der Waals surface area contributed by atoms with Crippen LogP contribution in [0.2, 0.25) is 0 Å². The van der Waals surface area contributed by atoms with E-state index in [1.165, 1.54) is 21.6 Å². The Hall–Kier alpha value is -1.29. The molecule has 0 spiro atoms. The van der Waals surface area contributed by atoms with Crippen LogP contribution in [-0.2, 0) is 11.2 Å². The van der Waals surface area contributed by atoms with E-state index in [1.54, 1.807) is 0 Å². The molecule has 0 bridgehead atoms. The number of fused-ring (bicyclic) bond motifs is 1. The van der Waals surface area contributed by atoms with Crippen LogP contribution in [0.1, 0.15) is 29.1 Å². The number of esters is 1. The maximum absolute atomic E-state index is 11.5. The van der Waals surface area contributed by atoms with Gasteiger partial charge in [0.05, 0.1) is 16.8 Å². The molecule has 0 radical (unpaired) electrons. The number of nitrogens with one attached hydrogen (secondary N) is 1. The lowest BCUT2D eigenvalue weighted by Gasteiger charge is -1.96. The Balaban J connectivity index is 2.38. The van der Waals surface area contributed by atoms with Gasteiger partial charge >= 0.3 is 5.97 Å². The molecule has 2 aromatic heterocycles. The second-order valence-electron chi connectivity index (χ2n) is 3.24. The number of rotatable bonds is 3. The zero-order valence-electron chi connectivity index (χ0n) is 8.79. The minimum absolute atomic E-state index is 0.228. The highest BCUT2D eigenvalue weighted by molar-refractivity contribution is 7.20. The molecular weight excluding hydrogens is 210 g/mol. The molecular formula is C11H13NO2S. The standard InChI is InChI=1S/C11H13NO2S/c1-3-7-6-12-8-5-9(15-10(7)8)11(13)14-4-2/h5-6,12H,3-4H2,1-2H3. The van der Waals surface area contributed by atoms with Gasteiger partial charge in [0.2, 0.25) is 0 Å².